The molecule has 6 heteroatoms. The number of aromatic nitrogens is 1. The molecule has 0 spiro atoms. The first-order valence-corrected chi connectivity index (χ1v) is 8.76. The van der Waals surface area contributed by atoms with Crippen LogP contribution in [0.15, 0.2) is 66.9 Å². The van der Waals surface area contributed by atoms with Gasteiger partial charge in [0.15, 0.2) is 0 Å². The molecule has 2 aromatic carbocycles. The van der Waals surface area contributed by atoms with Gasteiger partial charge >= 0.3 is 0 Å². The van der Waals surface area contributed by atoms with Gasteiger partial charge in [-0.2, -0.15) is 0 Å². The van der Waals surface area contributed by atoms with E-state index < -0.39 is 0 Å². The topological polar surface area (TPSA) is 71.1 Å². The van der Waals surface area contributed by atoms with E-state index >= 15 is 0 Å². The van der Waals surface area contributed by atoms with E-state index in [-0.39, 0.29) is 17.5 Å². The van der Waals surface area contributed by atoms with Crippen molar-refractivity contribution in [3.05, 3.63) is 94.3 Å². The number of rotatable bonds is 5. The van der Waals surface area contributed by atoms with Crippen molar-refractivity contribution in [2.75, 3.05) is 5.32 Å². The standard InChI is InChI=1S/C21H18ClN3O2/c1-14-4-2-5-15(10-14)13-24-21(27)19-11-16(8-9-23-19)20(26)25-18-7-3-6-17(22)12-18/h2-12H,13H2,1H3,(H,24,27)(H,25,26). The van der Waals surface area contributed by atoms with E-state index in [1.54, 1.807) is 30.3 Å². The maximum atomic E-state index is 12.4. The fraction of sp³-hybridized carbons (Fsp3) is 0.0952. The number of nitrogens with one attached hydrogen (secondary N) is 2. The maximum Gasteiger partial charge on any atom is 0.270 e. The molecule has 0 fully saturated rings. The van der Waals surface area contributed by atoms with E-state index in [0.717, 1.165) is 11.1 Å². The van der Waals surface area contributed by atoms with E-state index in [4.69, 9.17) is 11.6 Å². The van der Waals surface area contributed by atoms with E-state index in [1.165, 1.54) is 12.3 Å². The van der Waals surface area contributed by atoms with Gasteiger partial charge in [0.05, 0.1) is 0 Å². The molecule has 0 aliphatic rings. The van der Waals surface area contributed by atoms with Gasteiger partial charge in [-0.25, -0.2) is 0 Å². The second kappa shape index (κ2) is 8.47. The summed E-state index contributed by atoms with van der Waals surface area (Å²) in [6.07, 6.45) is 1.44. The second-order valence-corrected chi connectivity index (χ2v) is 6.50. The molecule has 2 amide bonds. The number of halogens is 1. The van der Waals surface area contributed by atoms with Crippen LogP contribution in [-0.2, 0) is 6.54 Å². The van der Waals surface area contributed by atoms with Crippen molar-refractivity contribution in [1.82, 2.24) is 10.3 Å². The van der Waals surface area contributed by atoms with Gasteiger partial charge in [0.25, 0.3) is 11.8 Å². The minimum Gasteiger partial charge on any atom is -0.347 e. The van der Waals surface area contributed by atoms with Gasteiger partial charge in [0.1, 0.15) is 5.69 Å². The van der Waals surface area contributed by atoms with Crippen molar-refractivity contribution >= 4 is 29.1 Å². The van der Waals surface area contributed by atoms with E-state index in [0.29, 0.717) is 22.8 Å². The Bertz CT molecular complexity index is 988. The van der Waals surface area contributed by atoms with Crippen LogP contribution in [0.4, 0.5) is 5.69 Å². The van der Waals surface area contributed by atoms with Crippen LogP contribution >= 0.6 is 11.6 Å². The normalized spacial score (nSPS) is 10.3. The monoisotopic (exact) mass is 379 g/mol. The molecule has 136 valence electrons. The molecule has 5 nitrogen and oxygen atoms in total. The zero-order valence-corrected chi connectivity index (χ0v) is 15.5. The molecule has 0 saturated heterocycles. The number of anilines is 1. The Morgan fingerprint density at radius 1 is 1.00 bits per heavy atom. The molecule has 2 N–H and O–H groups in total. The zero-order valence-electron chi connectivity index (χ0n) is 14.7. The lowest BCUT2D eigenvalue weighted by Crippen LogP contribution is -2.24. The van der Waals surface area contributed by atoms with Crippen molar-refractivity contribution in [1.29, 1.82) is 0 Å². The second-order valence-electron chi connectivity index (χ2n) is 6.07. The summed E-state index contributed by atoms with van der Waals surface area (Å²) < 4.78 is 0. The molecule has 0 radical (unpaired) electrons. The molecule has 1 heterocycles. The Morgan fingerprint density at radius 3 is 2.59 bits per heavy atom. The number of carbonyl (C=O) groups excluding carboxylic acids is 2. The summed E-state index contributed by atoms with van der Waals surface area (Å²) in [6.45, 7) is 2.38. The molecule has 3 rings (SSSR count). The predicted molar refractivity (Wildman–Crippen MR) is 106 cm³/mol. The van der Waals surface area contributed by atoms with Crippen LogP contribution in [0.25, 0.3) is 0 Å². The van der Waals surface area contributed by atoms with E-state index in [9.17, 15) is 9.59 Å². The summed E-state index contributed by atoms with van der Waals surface area (Å²) in [5, 5.41) is 6.09. The lowest BCUT2D eigenvalue weighted by Gasteiger charge is -2.08. The minimum atomic E-state index is -0.340. The lowest BCUT2D eigenvalue weighted by molar-refractivity contribution is 0.0946. The van der Waals surface area contributed by atoms with Crippen molar-refractivity contribution in [2.45, 2.75) is 13.5 Å². The van der Waals surface area contributed by atoms with Gasteiger partial charge in [0.2, 0.25) is 0 Å². The number of carbonyl (C=O) groups is 2. The number of aryl methyl sites for hydroxylation is 1. The van der Waals surface area contributed by atoms with Gasteiger partial charge in [-0.15, -0.1) is 0 Å². The van der Waals surface area contributed by atoms with Crippen LogP contribution in [-0.4, -0.2) is 16.8 Å². The van der Waals surface area contributed by atoms with Crippen LogP contribution in [0.5, 0.6) is 0 Å². The number of benzene rings is 2. The molecule has 0 atom stereocenters. The summed E-state index contributed by atoms with van der Waals surface area (Å²) in [5.41, 5.74) is 3.22. The van der Waals surface area contributed by atoms with Gasteiger partial charge in [0, 0.05) is 29.0 Å². The quantitative estimate of drug-likeness (QED) is 0.697. The van der Waals surface area contributed by atoms with Crippen LogP contribution in [0.3, 0.4) is 0 Å². The van der Waals surface area contributed by atoms with Crippen LogP contribution in [0, 0.1) is 6.92 Å². The molecule has 0 unspecified atom stereocenters. The Morgan fingerprint density at radius 2 is 1.81 bits per heavy atom. The highest BCUT2D eigenvalue weighted by Gasteiger charge is 2.12. The number of hydrogen-bond donors (Lipinski definition) is 2. The fourth-order valence-corrected chi connectivity index (χ4v) is 2.75. The molecule has 27 heavy (non-hydrogen) atoms. The molecule has 0 bridgehead atoms. The smallest absolute Gasteiger partial charge is 0.270 e. The summed E-state index contributed by atoms with van der Waals surface area (Å²) in [7, 11) is 0. The third-order valence-electron chi connectivity index (χ3n) is 3.87. The van der Waals surface area contributed by atoms with Crippen molar-refractivity contribution in [2.24, 2.45) is 0 Å². The minimum absolute atomic E-state index is 0.182. The van der Waals surface area contributed by atoms with Crippen molar-refractivity contribution < 1.29 is 9.59 Å². The van der Waals surface area contributed by atoms with Gasteiger partial charge in [-0.05, 0) is 42.8 Å². The average molecular weight is 380 g/mol. The summed E-state index contributed by atoms with van der Waals surface area (Å²) in [4.78, 5) is 28.8. The predicted octanol–water partition coefficient (Wildman–Crippen LogP) is 4.23. The third kappa shape index (κ3) is 5.15. The molecule has 0 saturated carbocycles. The Labute approximate surface area is 162 Å². The highest BCUT2D eigenvalue weighted by Crippen LogP contribution is 2.16. The van der Waals surface area contributed by atoms with Crippen molar-refractivity contribution in [3.8, 4) is 0 Å². The molecule has 0 aliphatic carbocycles. The Balaban J connectivity index is 1.67. The third-order valence-corrected chi connectivity index (χ3v) is 4.11. The summed E-state index contributed by atoms with van der Waals surface area (Å²) in [5.74, 6) is -0.679. The first-order valence-electron chi connectivity index (χ1n) is 8.38. The number of amides is 2. The molecule has 0 aliphatic heterocycles. The number of pyridine rings is 1. The summed E-state index contributed by atoms with van der Waals surface area (Å²) in [6, 6.07) is 17.7. The average Bonchev–Trinajstić information content (AvgIpc) is 2.66. The van der Waals surface area contributed by atoms with Crippen LogP contribution < -0.4 is 10.6 Å². The lowest BCUT2D eigenvalue weighted by atomic mass is 10.1. The first kappa shape index (κ1) is 18.6. The first-order chi connectivity index (χ1) is 13.0. The van der Waals surface area contributed by atoms with Gasteiger partial charge < -0.3 is 10.6 Å². The number of hydrogen-bond acceptors (Lipinski definition) is 3. The molecular weight excluding hydrogens is 362 g/mol. The SMILES string of the molecule is Cc1cccc(CNC(=O)c2cc(C(=O)Nc3cccc(Cl)c3)ccn2)c1. The fourth-order valence-electron chi connectivity index (χ4n) is 2.56. The largest absolute Gasteiger partial charge is 0.347 e. The molecule has 3 aromatic rings. The summed E-state index contributed by atoms with van der Waals surface area (Å²) >= 11 is 5.92. The molecular formula is C21H18ClN3O2. The van der Waals surface area contributed by atoms with Crippen LogP contribution in [0.1, 0.15) is 32.0 Å². The maximum absolute atomic E-state index is 12.4. The highest BCUT2D eigenvalue weighted by atomic mass is 35.5. The van der Waals surface area contributed by atoms with Gasteiger partial charge in [-0.1, -0.05) is 47.5 Å². The Kier molecular flexibility index (Phi) is 5.84. The van der Waals surface area contributed by atoms with Crippen molar-refractivity contribution in [3.63, 3.8) is 0 Å². The van der Waals surface area contributed by atoms with E-state index in [2.05, 4.69) is 15.6 Å². The van der Waals surface area contributed by atoms with Gasteiger partial charge in [-0.3, -0.25) is 14.6 Å². The van der Waals surface area contributed by atoms with Crippen LogP contribution in [0.2, 0.25) is 5.02 Å². The zero-order chi connectivity index (χ0) is 19.2. The Hall–Kier alpha value is -3.18. The van der Waals surface area contributed by atoms with E-state index in [1.807, 2.05) is 31.2 Å². The highest BCUT2D eigenvalue weighted by molar-refractivity contribution is 6.31. The number of nitrogens with zero attached hydrogens (tertiary/aromatic N) is 1. The molecule has 1 aromatic heterocycles.